The highest BCUT2D eigenvalue weighted by Crippen LogP contribution is 2.33. The van der Waals surface area contributed by atoms with Gasteiger partial charge in [0.05, 0.1) is 6.21 Å². The Labute approximate surface area is 89.4 Å². The lowest BCUT2D eigenvalue weighted by Gasteiger charge is -2.32. The standard InChI is InChI=1S/C12H15NO2/c1-12(2)6-5-10-7-9(8-13-14)3-4-11(10)15-12/h3-4,7-8,14H,5-6H2,1-2H3/b13-8+. The zero-order valence-corrected chi connectivity index (χ0v) is 9.03. The van der Waals surface area contributed by atoms with E-state index in [1.165, 1.54) is 11.8 Å². The average molecular weight is 205 g/mol. The molecule has 0 amide bonds. The Morgan fingerprint density at radius 3 is 3.00 bits per heavy atom. The number of hydrogen-bond acceptors (Lipinski definition) is 3. The van der Waals surface area contributed by atoms with Crippen LogP contribution in [0.1, 0.15) is 31.4 Å². The Kier molecular flexibility index (Phi) is 2.39. The van der Waals surface area contributed by atoms with Crippen LogP contribution in [-0.4, -0.2) is 17.0 Å². The maximum absolute atomic E-state index is 8.45. The molecule has 0 aromatic heterocycles. The molecule has 0 unspecified atom stereocenters. The first-order chi connectivity index (χ1) is 7.11. The lowest BCUT2D eigenvalue weighted by atomic mass is 9.93. The molecule has 3 heteroatoms. The fourth-order valence-electron chi connectivity index (χ4n) is 1.83. The number of aryl methyl sites for hydroxylation is 1. The van der Waals surface area contributed by atoms with Crippen molar-refractivity contribution in [2.24, 2.45) is 5.16 Å². The highest BCUT2D eigenvalue weighted by atomic mass is 16.5. The Bertz CT molecular complexity index is 397. The van der Waals surface area contributed by atoms with Crippen LogP contribution in [0.25, 0.3) is 0 Å². The van der Waals surface area contributed by atoms with Gasteiger partial charge in [-0.3, -0.25) is 0 Å². The second kappa shape index (κ2) is 3.57. The summed E-state index contributed by atoms with van der Waals surface area (Å²) in [5.41, 5.74) is 2.02. The molecule has 1 heterocycles. The van der Waals surface area contributed by atoms with E-state index in [1.54, 1.807) is 0 Å². The van der Waals surface area contributed by atoms with Crippen LogP contribution in [0, 0.1) is 0 Å². The number of rotatable bonds is 1. The predicted octanol–water partition coefficient (Wildman–Crippen LogP) is 2.60. The van der Waals surface area contributed by atoms with Gasteiger partial charge in [-0.15, -0.1) is 0 Å². The van der Waals surface area contributed by atoms with E-state index in [4.69, 9.17) is 9.94 Å². The van der Waals surface area contributed by atoms with Crippen LogP contribution in [0.4, 0.5) is 0 Å². The molecule has 1 aliphatic rings. The van der Waals surface area contributed by atoms with Gasteiger partial charge in [0.2, 0.25) is 0 Å². The van der Waals surface area contributed by atoms with Gasteiger partial charge in [0.1, 0.15) is 11.4 Å². The number of benzene rings is 1. The summed E-state index contributed by atoms with van der Waals surface area (Å²) in [4.78, 5) is 0. The molecule has 0 aliphatic carbocycles. The van der Waals surface area contributed by atoms with Crippen LogP contribution in [0.15, 0.2) is 23.4 Å². The first-order valence-electron chi connectivity index (χ1n) is 5.10. The van der Waals surface area contributed by atoms with Crippen molar-refractivity contribution in [3.05, 3.63) is 29.3 Å². The van der Waals surface area contributed by atoms with Crippen LogP contribution in [0.2, 0.25) is 0 Å². The van der Waals surface area contributed by atoms with E-state index in [9.17, 15) is 0 Å². The maximum Gasteiger partial charge on any atom is 0.123 e. The van der Waals surface area contributed by atoms with Gasteiger partial charge < -0.3 is 9.94 Å². The normalized spacial score (nSPS) is 18.5. The van der Waals surface area contributed by atoms with E-state index in [1.807, 2.05) is 18.2 Å². The molecule has 0 saturated carbocycles. The van der Waals surface area contributed by atoms with Crippen molar-refractivity contribution in [1.29, 1.82) is 0 Å². The van der Waals surface area contributed by atoms with E-state index in [2.05, 4.69) is 19.0 Å². The largest absolute Gasteiger partial charge is 0.488 e. The van der Waals surface area contributed by atoms with Gasteiger partial charge in [0.25, 0.3) is 0 Å². The van der Waals surface area contributed by atoms with Crippen LogP contribution < -0.4 is 4.74 Å². The molecular weight excluding hydrogens is 190 g/mol. The second-order valence-electron chi connectivity index (χ2n) is 4.47. The minimum atomic E-state index is -0.0699. The fourth-order valence-corrected chi connectivity index (χ4v) is 1.83. The van der Waals surface area contributed by atoms with Crippen LogP contribution in [-0.2, 0) is 6.42 Å². The highest BCUT2D eigenvalue weighted by Gasteiger charge is 2.26. The summed E-state index contributed by atoms with van der Waals surface area (Å²) in [6, 6.07) is 5.83. The number of fused-ring (bicyclic) bond motifs is 1. The topological polar surface area (TPSA) is 41.8 Å². The van der Waals surface area contributed by atoms with Gasteiger partial charge >= 0.3 is 0 Å². The summed E-state index contributed by atoms with van der Waals surface area (Å²) in [5.74, 6) is 0.946. The third-order valence-electron chi connectivity index (χ3n) is 2.67. The van der Waals surface area contributed by atoms with Crippen molar-refractivity contribution in [2.45, 2.75) is 32.3 Å². The van der Waals surface area contributed by atoms with Crippen molar-refractivity contribution in [3.8, 4) is 5.75 Å². The molecule has 3 nitrogen and oxygen atoms in total. The fraction of sp³-hybridized carbons (Fsp3) is 0.417. The van der Waals surface area contributed by atoms with Gasteiger partial charge in [-0.2, -0.15) is 0 Å². The Hall–Kier alpha value is -1.51. The minimum Gasteiger partial charge on any atom is -0.488 e. The van der Waals surface area contributed by atoms with E-state index in [0.717, 1.165) is 24.2 Å². The molecule has 0 bridgehead atoms. The SMILES string of the molecule is CC1(C)CCc2cc(/C=N/O)ccc2O1. The Morgan fingerprint density at radius 1 is 1.47 bits per heavy atom. The molecule has 1 aromatic carbocycles. The molecule has 1 aliphatic heterocycles. The molecule has 0 atom stereocenters. The van der Waals surface area contributed by atoms with Gasteiger partial charge in [0, 0.05) is 0 Å². The molecular formula is C12H15NO2. The number of ether oxygens (including phenoxy) is 1. The van der Waals surface area contributed by atoms with E-state index < -0.39 is 0 Å². The van der Waals surface area contributed by atoms with E-state index in [0.29, 0.717) is 0 Å². The van der Waals surface area contributed by atoms with Crippen LogP contribution in [0.5, 0.6) is 5.75 Å². The van der Waals surface area contributed by atoms with Gasteiger partial charge in [-0.25, -0.2) is 0 Å². The highest BCUT2D eigenvalue weighted by molar-refractivity contribution is 5.79. The first kappa shape index (κ1) is 10.0. The van der Waals surface area contributed by atoms with Crippen molar-refractivity contribution < 1.29 is 9.94 Å². The number of nitrogens with zero attached hydrogens (tertiary/aromatic N) is 1. The third-order valence-corrected chi connectivity index (χ3v) is 2.67. The van der Waals surface area contributed by atoms with Crippen LogP contribution in [0.3, 0.4) is 0 Å². The van der Waals surface area contributed by atoms with E-state index >= 15 is 0 Å². The molecule has 0 fully saturated rings. The number of oxime groups is 1. The maximum atomic E-state index is 8.45. The molecule has 2 rings (SSSR count). The molecule has 80 valence electrons. The lowest BCUT2D eigenvalue weighted by molar-refractivity contribution is 0.0847. The van der Waals surface area contributed by atoms with Crippen LogP contribution >= 0.6 is 0 Å². The summed E-state index contributed by atoms with van der Waals surface area (Å²) in [6.45, 7) is 4.19. The van der Waals surface area contributed by atoms with Gasteiger partial charge in [0.15, 0.2) is 0 Å². The summed E-state index contributed by atoms with van der Waals surface area (Å²) in [7, 11) is 0. The average Bonchev–Trinajstić information content (AvgIpc) is 2.18. The monoisotopic (exact) mass is 205 g/mol. The molecule has 0 saturated heterocycles. The molecule has 0 spiro atoms. The summed E-state index contributed by atoms with van der Waals surface area (Å²) >= 11 is 0. The van der Waals surface area contributed by atoms with Crippen molar-refractivity contribution in [2.75, 3.05) is 0 Å². The minimum absolute atomic E-state index is 0.0699. The van der Waals surface area contributed by atoms with Crippen molar-refractivity contribution in [3.63, 3.8) is 0 Å². The van der Waals surface area contributed by atoms with Gasteiger partial charge in [-0.1, -0.05) is 5.16 Å². The van der Waals surface area contributed by atoms with Gasteiger partial charge in [-0.05, 0) is 56.0 Å². The zero-order chi connectivity index (χ0) is 10.9. The predicted molar refractivity (Wildman–Crippen MR) is 58.9 cm³/mol. The third kappa shape index (κ3) is 2.12. The smallest absolute Gasteiger partial charge is 0.123 e. The molecule has 1 N–H and O–H groups in total. The van der Waals surface area contributed by atoms with Crippen molar-refractivity contribution in [1.82, 2.24) is 0 Å². The zero-order valence-electron chi connectivity index (χ0n) is 9.03. The molecule has 0 radical (unpaired) electrons. The Balaban J connectivity index is 2.32. The summed E-state index contributed by atoms with van der Waals surface area (Å²) in [6.07, 6.45) is 3.45. The van der Waals surface area contributed by atoms with E-state index in [-0.39, 0.29) is 5.60 Å². The summed E-state index contributed by atoms with van der Waals surface area (Å²) < 4.78 is 5.85. The molecule has 1 aromatic rings. The second-order valence-corrected chi connectivity index (χ2v) is 4.47. The number of hydrogen-bond donors (Lipinski definition) is 1. The molecule has 15 heavy (non-hydrogen) atoms. The lowest BCUT2D eigenvalue weighted by Crippen LogP contribution is -2.32. The Morgan fingerprint density at radius 2 is 2.27 bits per heavy atom. The van der Waals surface area contributed by atoms with Crippen molar-refractivity contribution >= 4 is 6.21 Å². The first-order valence-corrected chi connectivity index (χ1v) is 5.10. The quantitative estimate of drug-likeness (QED) is 0.435. The summed E-state index contributed by atoms with van der Waals surface area (Å²) in [5, 5.41) is 11.5.